The van der Waals surface area contributed by atoms with Gasteiger partial charge in [-0.05, 0) is 12.8 Å². The van der Waals surface area contributed by atoms with Crippen molar-refractivity contribution in [3.05, 3.63) is 0 Å². The topological polar surface area (TPSA) is 49.6 Å². The second kappa shape index (κ2) is 9.47. The predicted octanol–water partition coefficient (Wildman–Crippen LogP) is 1.72. The van der Waals surface area contributed by atoms with Gasteiger partial charge in [-0.15, -0.1) is 12.4 Å². The summed E-state index contributed by atoms with van der Waals surface area (Å²) in [6.45, 7) is 5.26. The number of rotatable bonds is 6. The van der Waals surface area contributed by atoms with Crippen molar-refractivity contribution in [2.45, 2.75) is 51.6 Å². The van der Waals surface area contributed by atoms with Crippen LogP contribution in [0.1, 0.15) is 33.1 Å². The molecule has 2 N–H and O–H groups in total. The average Bonchev–Trinajstić information content (AvgIpc) is 2.38. The van der Waals surface area contributed by atoms with E-state index in [1.165, 1.54) is 0 Å². The molecule has 1 saturated heterocycles. The number of alkyl halides is 2. The van der Waals surface area contributed by atoms with Crippen molar-refractivity contribution in [3.63, 3.8) is 0 Å². The van der Waals surface area contributed by atoms with Gasteiger partial charge in [0.15, 0.2) is 0 Å². The number of piperazine rings is 1. The van der Waals surface area contributed by atoms with Crippen molar-refractivity contribution in [1.29, 1.82) is 0 Å². The smallest absolute Gasteiger partial charge is 0.251 e. The Morgan fingerprint density at radius 2 is 2.00 bits per heavy atom. The van der Waals surface area contributed by atoms with Crippen molar-refractivity contribution < 1.29 is 13.6 Å². The molecule has 0 aromatic rings. The molecule has 0 radical (unpaired) electrons. The zero-order valence-corrected chi connectivity index (χ0v) is 13.0. The third-order valence-electron chi connectivity index (χ3n) is 3.68. The van der Waals surface area contributed by atoms with Crippen molar-refractivity contribution >= 4 is 18.3 Å². The molecular formula is C13H26ClF2N3O. The number of amides is 1. The lowest BCUT2D eigenvalue weighted by Gasteiger charge is -2.41. The molecule has 1 amide bonds. The Morgan fingerprint density at radius 3 is 2.50 bits per heavy atom. The van der Waals surface area contributed by atoms with Gasteiger partial charge in [0.2, 0.25) is 5.91 Å². The summed E-state index contributed by atoms with van der Waals surface area (Å²) in [4.78, 5) is 15.6. The molecule has 0 aromatic carbocycles. The first-order valence-corrected chi connectivity index (χ1v) is 7.06. The first-order chi connectivity index (χ1) is 8.99. The molecule has 0 bridgehead atoms. The third-order valence-corrected chi connectivity index (χ3v) is 3.68. The Balaban J connectivity index is 0.00000361. The van der Waals surface area contributed by atoms with Crippen LogP contribution in [0.4, 0.5) is 8.78 Å². The molecule has 0 saturated carbocycles. The number of carbonyl (C=O) groups is 1. The molecule has 120 valence electrons. The summed E-state index contributed by atoms with van der Waals surface area (Å²) in [5.74, 6) is -0.0444. The van der Waals surface area contributed by atoms with E-state index in [1.54, 1.807) is 9.80 Å². The van der Waals surface area contributed by atoms with E-state index >= 15 is 0 Å². The van der Waals surface area contributed by atoms with E-state index < -0.39 is 12.5 Å². The molecule has 1 fully saturated rings. The summed E-state index contributed by atoms with van der Waals surface area (Å²) in [6, 6.07) is -0.440. The van der Waals surface area contributed by atoms with E-state index in [0.29, 0.717) is 26.1 Å². The zero-order chi connectivity index (χ0) is 14.4. The van der Waals surface area contributed by atoms with E-state index in [-0.39, 0.29) is 30.9 Å². The quantitative estimate of drug-likeness (QED) is 0.812. The van der Waals surface area contributed by atoms with Gasteiger partial charge in [-0.1, -0.05) is 20.3 Å². The Labute approximate surface area is 126 Å². The number of nitrogens with two attached hydrogens (primary N) is 1. The van der Waals surface area contributed by atoms with Crippen molar-refractivity contribution in [1.82, 2.24) is 9.80 Å². The van der Waals surface area contributed by atoms with Crippen molar-refractivity contribution in [3.8, 4) is 0 Å². The van der Waals surface area contributed by atoms with Gasteiger partial charge >= 0.3 is 0 Å². The molecule has 4 nitrogen and oxygen atoms in total. The lowest BCUT2D eigenvalue weighted by Crippen LogP contribution is -2.58. The minimum Gasteiger partial charge on any atom is -0.338 e. The minimum absolute atomic E-state index is 0. The van der Waals surface area contributed by atoms with Crippen LogP contribution in [0.3, 0.4) is 0 Å². The van der Waals surface area contributed by atoms with Crippen LogP contribution in [0.2, 0.25) is 0 Å². The summed E-state index contributed by atoms with van der Waals surface area (Å²) < 4.78 is 24.9. The highest BCUT2D eigenvalue weighted by molar-refractivity contribution is 5.85. The zero-order valence-electron chi connectivity index (χ0n) is 12.2. The minimum atomic E-state index is -2.32. The fourth-order valence-corrected chi connectivity index (χ4v) is 2.57. The first-order valence-electron chi connectivity index (χ1n) is 7.06. The lowest BCUT2D eigenvalue weighted by atomic mass is 10.1. The summed E-state index contributed by atoms with van der Waals surface area (Å²) in [5.41, 5.74) is 5.84. The standard InChI is InChI=1S/C13H25F2N3O.ClH/c1-3-5-11(16)13(19)18-7-6-17(9-12(14)15)10(4-2)8-18;/h10-12H,3-9,16H2,1-2H3;1H. The monoisotopic (exact) mass is 313 g/mol. The highest BCUT2D eigenvalue weighted by Gasteiger charge is 2.31. The van der Waals surface area contributed by atoms with E-state index in [9.17, 15) is 13.6 Å². The molecule has 1 heterocycles. The molecule has 1 rings (SSSR count). The van der Waals surface area contributed by atoms with Crippen LogP contribution >= 0.6 is 12.4 Å². The lowest BCUT2D eigenvalue weighted by molar-refractivity contribution is -0.136. The van der Waals surface area contributed by atoms with Gasteiger partial charge in [-0.2, -0.15) is 0 Å². The molecule has 2 unspecified atom stereocenters. The number of nitrogens with zero attached hydrogens (tertiary/aromatic N) is 2. The molecule has 2 atom stereocenters. The molecule has 7 heteroatoms. The van der Waals surface area contributed by atoms with Gasteiger partial charge in [0.05, 0.1) is 12.6 Å². The number of hydrogen-bond acceptors (Lipinski definition) is 3. The molecule has 1 aliphatic rings. The summed E-state index contributed by atoms with van der Waals surface area (Å²) in [7, 11) is 0. The maximum absolute atomic E-state index is 12.5. The van der Waals surface area contributed by atoms with Gasteiger partial charge in [0.25, 0.3) is 6.43 Å². The fraction of sp³-hybridized carbons (Fsp3) is 0.923. The van der Waals surface area contributed by atoms with Crippen LogP contribution in [0.15, 0.2) is 0 Å². The summed E-state index contributed by atoms with van der Waals surface area (Å²) in [5, 5.41) is 0. The van der Waals surface area contributed by atoms with E-state index in [2.05, 4.69) is 0 Å². The van der Waals surface area contributed by atoms with Crippen LogP contribution < -0.4 is 5.73 Å². The van der Waals surface area contributed by atoms with Crippen LogP contribution in [-0.4, -0.2) is 60.4 Å². The van der Waals surface area contributed by atoms with Gasteiger partial charge in [-0.25, -0.2) is 8.78 Å². The van der Waals surface area contributed by atoms with E-state index in [1.807, 2.05) is 13.8 Å². The largest absolute Gasteiger partial charge is 0.338 e. The third kappa shape index (κ3) is 5.50. The van der Waals surface area contributed by atoms with Gasteiger partial charge in [-0.3, -0.25) is 9.69 Å². The Morgan fingerprint density at radius 1 is 1.35 bits per heavy atom. The maximum Gasteiger partial charge on any atom is 0.251 e. The van der Waals surface area contributed by atoms with Gasteiger partial charge < -0.3 is 10.6 Å². The van der Waals surface area contributed by atoms with Crippen molar-refractivity contribution in [2.75, 3.05) is 26.2 Å². The predicted molar refractivity (Wildman–Crippen MR) is 78.4 cm³/mol. The number of carbonyl (C=O) groups excluding carboxylic acids is 1. The SMILES string of the molecule is CCCC(N)C(=O)N1CCN(CC(F)F)C(CC)C1.Cl. The number of hydrogen-bond donors (Lipinski definition) is 1. The molecule has 20 heavy (non-hydrogen) atoms. The highest BCUT2D eigenvalue weighted by Crippen LogP contribution is 2.15. The fourth-order valence-electron chi connectivity index (χ4n) is 2.57. The van der Waals surface area contributed by atoms with Gasteiger partial charge in [0.1, 0.15) is 0 Å². The molecule has 1 aliphatic heterocycles. The van der Waals surface area contributed by atoms with Crippen LogP contribution in [0.5, 0.6) is 0 Å². The van der Waals surface area contributed by atoms with E-state index in [0.717, 1.165) is 12.8 Å². The molecular weight excluding hydrogens is 288 g/mol. The van der Waals surface area contributed by atoms with Crippen molar-refractivity contribution in [2.24, 2.45) is 5.73 Å². The normalized spacial score (nSPS) is 21.7. The number of halogens is 3. The van der Waals surface area contributed by atoms with Crippen LogP contribution in [0, 0.1) is 0 Å². The average molecular weight is 314 g/mol. The first kappa shape index (κ1) is 19.5. The molecule has 0 spiro atoms. The maximum atomic E-state index is 12.5. The van der Waals surface area contributed by atoms with Crippen LogP contribution in [0.25, 0.3) is 0 Å². The molecule has 0 aromatic heterocycles. The second-order valence-corrected chi connectivity index (χ2v) is 5.13. The second-order valence-electron chi connectivity index (χ2n) is 5.13. The summed E-state index contributed by atoms with van der Waals surface area (Å²) in [6.07, 6.45) is -0.0133. The Kier molecular flexibility index (Phi) is 9.25. The summed E-state index contributed by atoms with van der Waals surface area (Å²) >= 11 is 0. The Hall–Kier alpha value is -0.460. The van der Waals surface area contributed by atoms with Crippen LogP contribution in [-0.2, 0) is 4.79 Å². The van der Waals surface area contributed by atoms with E-state index in [4.69, 9.17) is 5.73 Å². The van der Waals surface area contributed by atoms with Gasteiger partial charge in [0, 0.05) is 25.7 Å². The molecule has 0 aliphatic carbocycles. The Bertz CT molecular complexity index is 295. The highest BCUT2D eigenvalue weighted by atomic mass is 35.5.